The van der Waals surface area contributed by atoms with E-state index < -0.39 is 0 Å². The zero-order chi connectivity index (χ0) is 14.3. The Labute approximate surface area is 116 Å². The van der Waals surface area contributed by atoms with Gasteiger partial charge in [0.1, 0.15) is 0 Å². The van der Waals surface area contributed by atoms with Gasteiger partial charge in [-0.1, -0.05) is 57.9 Å². The van der Waals surface area contributed by atoms with Crippen LogP contribution in [0.1, 0.15) is 33.3 Å². The molecule has 0 atom stereocenters. The van der Waals surface area contributed by atoms with E-state index in [1.165, 1.54) is 0 Å². The fourth-order valence-electron chi connectivity index (χ4n) is 3.09. The molecular weight excluding hydrogens is 231 g/mol. The van der Waals surface area contributed by atoms with E-state index in [4.69, 9.17) is 11.8 Å². The van der Waals surface area contributed by atoms with E-state index >= 15 is 0 Å². The van der Waals surface area contributed by atoms with Crippen LogP contribution >= 0.6 is 0 Å². The van der Waals surface area contributed by atoms with Gasteiger partial charge in [-0.3, -0.25) is 0 Å². The van der Waals surface area contributed by atoms with Crippen molar-refractivity contribution in [3.63, 3.8) is 0 Å². The second-order valence-electron chi connectivity index (χ2n) is 6.91. The molecule has 0 N–H and O–H groups in total. The number of nitrogens with zero attached hydrogens (tertiary/aromatic N) is 2. The molecule has 1 aromatic rings. The zero-order valence-corrected chi connectivity index (χ0v) is 12.1. The van der Waals surface area contributed by atoms with Gasteiger partial charge in [-0.05, 0) is 16.9 Å². The predicted molar refractivity (Wildman–Crippen MR) is 80.0 cm³/mol. The van der Waals surface area contributed by atoms with E-state index in [0.29, 0.717) is 28.8 Å². The Kier molecular flexibility index (Phi) is 3.19. The zero-order valence-electron chi connectivity index (χ0n) is 12.1. The van der Waals surface area contributed by atoms with Crippen molar-refractivity contribution in [2.24, 2.45) is 10.8 Å². The van der Waals surface area contributed by atoms with Gasteiger partial charge < -0.3 is 0 Å². The molecule has 0 aliphatic carbocycles. The highest BCUT2D eigenvalue weighted by Crippen LogP contribution is 2.52. The van der Waals surface area contributed by atoms with Crippen molar-refractivity contribution in [2.75, 3.05) is 0 Å². The number of rotatable bonds is 1. The second kappa shape index (κ2) is 4.43. The van der Waals surface area contributed by atoms with E-state index in [1.54, 1.807) is 6.07 Å². The number of benzene rings is 1. The number of hydrogen-bond donors (Lipinski definition) is 0. The van der Waals surface area contributed by atoms with Gasteiger partial charge in [-0.25, -0.2) is 4.85 Å². The Hall–Kier alpha value is -1.74. The molecule has 0 unspecified atom stereocenters. The van der Waals surface area contributed by atoms with Gasteiger partial charge in [0, 0.05) is 5.56 Å². The molecule has 1 aliphatic rings. The SMILES string of the molecule is [C-]#[N+]c1cc(C#N)cc(B2CC(C)(C)C(C)(C)C2)c1. The lowest BCUT2D eigenvalue weighted by molar-refractivity contribution is 0.177. The van der Waals surface area contributed by atoms with Crippen LogP contribution in [0.15, 0.2) is 18.2 Å². The van der Waals surface area contributed by atoms with Crippen molar-refractivity contribution in [3.8, 4) is 6.07 Å². The Balaban J connectivity index is 2.40. The van der Waals surface area contributed by atoms with Crippen molar-refractivity contribution in [1.82, 2.24) is 0 Å². The van der Waals surface area contributed by atoms with E-state index in [2.05, 4.69) is 38.6 Å². The average Bonchev–Trinajstić information content (AvgIpc) is 2.58. The molecule has 1 saturated heterocycles. The monoisotopic (exact) mass is 250 g/mol. The molecule has 1 aromatic carbocycles. The first-order chi connectivity index (χ1) is 8.79. The lowest BCUT2D eigenvalue weighted by Crippen LogP contribution is -2.28. The minimum Gasteiger partial charge on any atom is -0.238 e. The smallest absolute Gasteiger partial charge is 0.188 e. The van der Waals surface area contributed by atoms with Crippen LogP contribution in [-0.4, -0.2) is 6.71 Å². The molecule has 0 radical (unpaired) electrons. The van der Waals surface area contributed by atoms with Crippen LogP contribution in [0, 0.1) is 28.7 Å². The molecule has 0 amide bonds. The molecule has 3 heteroatoms. The Morgan fingerprint density at radius 3 is 2.21 bits per heavy atom. The lowest BCUT2D eigenvalue weighted by atomic mass is 9.42. The number of hydrogen-bond acceptors (Lipinski definition) is 1. The Bertz CT molecular complexity index is 539. The van der Waals surface area contributed by atoms with Crippen molar-refractivity contribution in [1.29, 1.82) is 5.26 Å². The summed E-state index contributed by atoms with van der Waals surface area (Å²) in [7, 11) is 0. The third-order valence-corrected chi connectivity index (χ3v) is 5.02. The summed E-state index contributed by atoms with van der Waals surface area (Å²) < 4.78 is 0. The van der Waals surface area contributed by atoms with Crippen molar-refractivity contribution in [2.45, 2.75) is 40.3 Å². The molecule has 0 bridgehead atoms. The maximum Gasteiger partial charge on any atom is 0.188 e. The molecule has 96 valence electrons. The van der Waals surface area contributed by atoms with Gasteiger partial charge in [0.25, 0.3) is 0 Å². The van der Waals surface area contributed by atoms with Gasteiger partial charge in [0.15, 0.2) is 12.4 Å². The molecular formula is C16H19BN2. The molecule has 1 heterocycles. The van der Waals surface area contributed by atoms with E-state index in [1.807, 2.05) is 12.1 Å². The van der Waals surface area contributed by atoms with Gasteiger partial charge in [-0.2, -0.15) is 5.26 Å². The third-order valence-electron chi connectivity index (χ3n) is 5.02. The summed E-state index contributed by atoms with van der Waals surface area (Å²) in [5, 5.41) is 9.08. The summed E-state index contributed by atoms with van der Waals surface area (Å²) in [6.45, 7) is 16.9. The molecule has 0 aromatic heterocycles. The molecule has 0 spiro atoms. The van der Waals surface area contributed by atoms with Crippen molar-refractivity contribution >= 4 is 17.9 Å². The molecule has 19 heavy (non-hydrogen) atoms. The molecule has 2 nitrogen and oxygen atoms in total. The van der Waals surface area contributed by atoms with Crippen molar-refractivity contribution in [3.05, 3.63) is 35.2 Å². The Morgan fingerprint density at radius 2 is 1.74 bits per heavy atom. The normalized spacial score (nSPS) is 19.8. The maximum atomic E-state index is 9.08. The van der Waals surface area contributed by atoms with Gasteiger partial charge >= 0.3 is 0 Å². The largest absolute Gasteiger partial charge is 0.238 e. The molecule has 1 fully saturated rings. The average molecular weight is 250 g/mol. The quantitative estimate of drug-likeness (QED) is 0.549. The fourth-order valence-corrected chi connectivity index (χ4v) is 3.09. The number of nitriles is 1. The maximum absolute atomic E-state index is 9.08. The molecule has 1 aliphatic heterocycles. The van der Waals surface area contributed by atoms with Crippen LogP contribution in [0.4, 0.5) is 5.69 Å². The van der Waals surface area contributed by atoms with Crippen LogP contribution in [0.3, 0.4) is 0 Å². The summed E-state index contributed by atoms with van der Waals surface area (Å²) in [5.74, 6) is 0. The van der Waals surface area contributed by atoms with Gasteiger partial charge in [0.05, 0.1) is 12.6 Å². The summed E-state index contributed by atoms with van der Waals surface area (Å²) in [6.07, 6.45) is 2.23. The third kappa shape index (κ3) is 2.38. The lowest BCUT2D eigenvalue weighted by Gasteiger charge is -2.35. The second-order valence-corrected chi connectivity index (χ2v) is 6.91. The van der Waals surface area contributed by atoms with E-state index in [0.717, 1.165) is 18.1 Å². The van der Waals surface area contributed by atoms with Crippen LogP contribution in [-0.2, 0) is 0 Å². The van der Waals surface area contributed by atoms with Crippen LogP contribution < -0.4 is 5.46 Å². The van der Waals surface area contributed by atoms with E-state index in [-0.39, 0.29) is 0 Å². The summed E-state index contributed by atoms with van der Waals surface area (Å²) in [4.78, 5) is 3.48. The highest BCUT2D eigenvalue weighted by molar-refractivity contribution is 6.74. The Morgan fingerprint density at radius 1 is 1.16 bits per heavy atom. The highest BCUT2D eigenvalue weighted by atomic mass is 14.6. The minimum absolute atomic E-state index is 0.290. The van der Waals surface area contributed by atoms with Crippen LogP contribution in [0.5, 0.6) is 0 Å². The van der Waals surface area contributed by atoms with E-state index in [9.17, 15) is 0 Å². The highest BCUT2D eigenvalue weighted by Gasteiger charge is 2.48. The topological polar surface area (TPSA) is 28.1 Å². The first kappa shape index (κ1) is 13.7. The summed E-state index contributed by atoms with van der Waals surface area (Å²) in [5.41, 5.74) is 2.92. The first-order valence-corrected chi connectivity index (χ1v) is 6.72. The first-order valence-electron chi connectivity index (χ1n) is 6.72. The summed E-state index contributed by atoms with van der Waals surface area (Å²) >= 11 is 0. The van der Waals surface area contributed by atoms with Crippen molar-refractivity contribution < 1.29 is 0 Å². The molecule has 2 rings (SSSR count). The van der Waals surface area contributed by atoms with Gasteiger partial charge in [0.2, 0.25) is 0 Å². The standard InChI is InChI=1S/C16H19BN2/c1-15(2)10-17(11-16(15,3)4)13-6-12(9-18)7-14(8-13)19-5/h6-8H,10-11H2,1-4H3. The fraction of sp³-hybridized carbons (Fsp3) is 0.500. The van der Waals surface area contributed by atoms with Gasteiger partial charge in [-0.15, -0.1) is 0 Å². The van der Waals surface area contributed by atoms with Crippen LogP contribution in [0.2, 0.25) is 12.6 Å². The van der Waals surface area contributed by atoms with Crippen LogP contribution in [0.25, 0.3) is 4.85 Å². The predicted octanol–water partition coefficient (Wildman–Crippen LogP) is 3.88. The summed E-state index contributed by atoms with van der Waals surface area (Å²) in [6, 6.07) is 7.74. The minimum atomic E-state index is 0.290. The molecule has 0 saturated carbocycles.